The molecule has 130 valence electrons. The SMILES string of the molecule is CC(=O)CSc1ccccc1C(=O)O[C@@H](C)C(=O)NC1CCCC1. The lowest BCUT2D eigenvalue weighted by atomic mass is 10.2. The van der Waals surface area contributed by atoms with Crippen LogP contribution in [0.3, 0.4) is 0 Å². The van der Waals surface area contributed by atoms with Crippen molar-refractivity contribution in [1.29, 1.82) is 0 Å². The summed E-state index contributed by atoms with van der Waals surface area (Å²) in [6.45, 7) is 3.08. The highest BCUT2D eigenvalue weighted by molar-refractivity contribution is 8.00. The average molecular weight is 349 g/mol. The minimum atomic E-state index is -0.844. The van der Waals surface area contributed by atoms with Crippen LogP contribution in [0.5, 0.6) is 0 Å². The third-order valence-corrected chi connectivity index (χ3v) is 5.11. The van der Waals surface area contributed by atoms with Crippen molar-refractivity contribution in [3.63, 3.8) is 0 Å². The molecule has 1 amide bonds. The number of esters is 1. The van der Waals surface area contributed by atoms with Gasteiger partial charge in [-0.2, -0.15) is 0 Å². The fourth-order valence-electron chi connectivity index (χ4n) is 2.61. The first-order chi connectivity index (χ1) is 11.5. The fraction of sp³-hybridized carbons (Fsp3) is 0.500. The van der Waals surface area contributed by atoms with Gasteiger partial charge in [0.25, 0.3) is 5.91 Å². The van der Waals surface area contributed by atoms with Crippen molar-refractivity contribution in [2.24, 2.45) is 0 Å². The second-order valence-corrected chi connectivity index (χ2v) is 7.04. The molecule has 2 rings (SSSR count). The molecule has 0 bridgehead atoms. The highest BCUT2D eigenvalue weighted by Gasteiger charge is 2.24. The zero-order chi connectivity index (χ0) is 17.5. The molecule has 5 nitrogen and oxygen atoms in total. The van der Waals surface area contributed by atoms with Crippen LogP contribution in [0.4, 0.5) is 0 Å². The molecule has 1 aromatic rings. The van der Waals surface area contributed by atoms with E-state index in [4.69, 9.17) is 4.74 Å². The van der Waals surface area contributed by atoms with Crippen LogP contribution in [0.25, 0.3) is 0 Å². The fourth-order valence-corrected chi connectivity index (χ4v) is 3.45. The summed E-state index contributed by atoms with van der Waals surface area (Å²) in [6.07, 6.45) is 3.37. The smallest absolute Gasteiger partial charge is 0.340 e. The first-order valence-corrected chi connectivity index (χ1v) is 9.18. The number of amides is 1. The number of hydrogen-bond acceptors (Lipinski definition) is 5. The van der Waals surface area contributed by atoms with Gasteiger partial charge < -0.3 is 10.1 Å². The Balaban J connectivity index is 1.95. The van der Waals surface area contributed by atoms with Crippen molar-refractivity contribution >= 4 is 29.4 Å². The highest BCUT2D eigenvalue weighted by Crippen LogP contribution is 2.24. The summed E-state index contributed by atoms with van der Waals surface area (Å²) >= 11 is 1.29. The van der Waals surface area contributed by atoms with Crippen molar-refractivity contribution < 1.29 is 19.1 Å². The van der Waals surface area contributed by atoms with Crippen LogP contribution >= 0.6 is 11.8 Å². The molecule has 1 aliphatic rings. The summed E-state index contributed by atoms with van der Waals surface area (Å²) in [5, 5.41) is 2.92. The maximum atomic E-state index is 12.4. The maximum absolute atomic E-state index is 12.4. The quantitative estimate of drug-likeness (QED) is 0.605. The molecule has 6 heteroatoms. The molecular formula is C18H23NO4S. The standard InChI is InChI=1S/C18H23NO4S/c1-12(20)11-24-16-10-6-5-9-15(16)18(22)23-13(2)17(21)19-14-7-3-4-8-14/h5-6,9-10,13-14H,3-4,7-8,11H2,1-2H3,(H,19,21)/t13-/m0/s1. The number of carbonyl (C=O) groups excluding carboxylic acids is 3. The van der Waals surface area contributed by atoms with Gasteiger partial charge in [0.2, 0.25) is 0 Å². The van der Waals surface area contributed by atoms with E-state index in [1.54, 1.807) is 31.2 Å². The number of rotatable bonds is 7. The second-order valence-electron chi connectivity index (χ2n) is 6.02. The lowest BCUT2D eigenvalue weighted by Gasteiger charge is -2.17. The number of benzene rings is 1. The predicted octanol–water partition coefficient (Wildman–Crippen LogP) is 2.97. The Kier molecular flexibility index (Phi) is 6.85. The van der Waals surface area contributed by atoms with Gasteiger partial charge in [-0.15, -0.1) is 11.8 Å². The first kappa shape index (κ1) is 18.5. The van der Waals surface area contributed by atoms with E-state index in [0.29, 0.717) is 16.2 Å². The van der Waals surface area contributed by atoms with Gasteiger partial charge in [0, 0.05) is 10.9 Å². The van der Waals surface area contributed by atoms with Gasteiger partial charge in [0.15, 0.2) is 6.10 Å². The van der Waals surface area contributed by atoms with Crippen LogP contribution < -0.4 is 5.32 Å². The number of ketones is 1. The molecule has 1 aliphatic carbocycles. The Morgan fingerprint density at radius 1 is 1.25 bits per heavy atom. The van der Waals surface area contributed by atoms with Crippen LogP contribution in [0.15, 0.2) is 29.2 Å². The molecule has 1 N–H and O–H groups in total. The summed E-state index contributed by atoms with van der Waals surface area (Å²) in [5.41, 5.74) is 0.379. The van der Waals surface area contributed by atoms with Crippen molar-refractivity contribution in [1.82, 2.24) is 5.32 Å². The summed E-state index contributed by atoms with van der Waals surface area (Å²) in [4.78, 5) is 36.3. The van der Waals surface area contributed by atoms with Gasteiger partial charge >= 0.3 is 5.97 Å². The molecule has 0 aliphatic heterocycles. The number of nitrogens with one attached hydrogen (secondary N) is 1. The molecule has 0 heterocycles. The zero-order valence-electron chi connectivity index (χ0n) is 14.0. The molecular weight excluding hydrogens is 326 g/mol. The molecule has 1 atom stereocenters. The van der Waals surface area contributed by atoms with Crippen LogP contribution in [0.2, 0.25) is 0 Å². The van der Waals surface area contributed by atoms with Gasteiger partial charge in [0.05, 0.1) is 11.3 Å². The number of carbonyl (C=O) groups is 3. The van der Waals surface area contributed by atoms with E-state index in [1.807, 2.05) is 0 Å². The average Bonchev–Trinajstić information content (AvgIpc) is 3.06. The zero-order valence-corrected chi connectivity index (χ0v) is 14.9. The minimum absolute atomic E-state index is 0.0347. The third kappa shape index (κ3) is 5.37. The lowest BCUT2D eigenvalue weighted by molar-refractivity contribution is -0.129. The Bertz CT molecular complexity index is 611. The first-order valence-electron chi connectivity index (χ1n) is 8.20. The monoisotopic (exact) mass is 349 g/mol. The maximum Gasteiger partial charge on any atom is 0.340 e. The van der Waals surface area contributed by atoms with Gasteiger partial charge in [-0.1, -0.05) is 25.0 Å². The molecule has 0 aromatic heterocycles. The topological polar surface area (TPSA) is 72.5 Å². The van der Waals surface area contributed by atoms with E-state index in [-0.39, 0.29) is 17.7 Å². The minimum Gasteiger partial charge on any atom is -0.449 e. The number of Topliss-reactive ketones (excluding diaryl/α,β-unsaturated/α-hetero) is 1. The highest BCUT2D eigenvalue weighted by atomic mass is 32.2. The lowest BCUT2D eigenvalue weighted by Crippen LogP contribution is -2.40. The third-order valence-electron chi connectivity index (χ3n) is 3.89. The van der Waals surface area contributed by atoms with E-state index in [9.17, 15) is 14.4 Å². The van der Waals surface area contributed by atoms with Crippen molar-refractivity contribution in [2.45, 2.75) is 56.6 Å². The normalized spacial score (nSPS) is 15.8. The van der Waals surface area contributed by atoms with Crippen molar-refractivity contribution in [3.05, 3.63) is 29.8 Å². The van der Waals surface area contributed by atoms with E-state index >= 15 is 0 Å². The van der Waals surface area contributed by atoms with Crippen LogP contribution in [0.1, 0.15) is 49.9 Å². The Labute approximate surface area is 146 Å². The molecule has 24 heavy (non-hydrogen) atoms. The number of thioether (sulfide) groups is 1. The number of ether oxygens (including phenoxy) is 1. The molecule has 0 spiro atoms. The second kappa shape index (κ2) is 8.87. The largest absolute Gasteiger partial charge is 0.449 e. The Morgan fingerprint density at radius 2 is 1.92 bits per heavy atom. The molecule has 1 fully saturated rings. The van der Waals surface area contributed by atoms with Gasteiger partial charge in [-0.3, -0.25) is 9.59 Å². The number of hydrogen-bond donors (Lipinski definition) is 1. The summed E-state index contributed by atoms with van der Waals surface area (Å²) < 4.78 is 5.31. The van der Waals surface area contributed by atoms with E-state index in [2.05, 4.69) is 5.32 Å². The summed E-state index contributed by atoms with van der Waals surface area (Å²) in [6, 6.07) is 7.14. The van der Waals surface area contributed by atoms with Gasteiger partial charge in [-0.05, 0) is 38.8 Å². The van der Waals surface area contributed by atoms with E-state index < -0.39 is 12.1 Å². The molecule has 0 radical (unpaired) electrons. The van der Waals surface area contributed by atoms with E-state index in [1.165, 1.54) is 18.7 Å². The van der Waals surface area contributed by atoms with Gasteiger partial charge in [-0.25, -0.2) is 4.79 Å². The van der Waals surface area contributed by atoms with E-state index in [0.717, 1.165) is 25.7 Å². The molecule has 0 saturated heterocycles. The molecule has 0 unspecified atom stereocenters. The summed E-state index contributed by atoms with van der Waals surface area (Å²) in [7, 11) is 0. The summed E-state index contributed by atoms with van der Waals surface area (Å²) in [5.74, 6) is -0.477. The van der Waals surface area contributed by atoms with Crippen LogP contribution in [-0.2, 0) is 14.3 Å². The Morgan fingerprint density at radius 3 is 2.58 bits per heavy atom. The van der Waals surface area contributed by atoms with Crippen molar-refractivity contribution in [3.8, 4) is 0 Å². The molecule has 1 aromatic carbocycles. The molecule has 1 saturated carbocycles. The van der Waals surface area contributed by atoms with Gasteiger partial charge in [0.1, 0.15) is 5.78 Å². The predicted molar refractivity (Wildman–Crippen MR) is 93.1 cm³/mol. The Hall–Kier alpha value is -1.82. The van der Waals surface area contributed by atoms with Crippen LogP contribution in [-0.4, -0.2) is 35.6 Å². The van der Waals surface area contributed by atoms with Crippen LogP contribution in [0, 0.1) is 0 Å². The van der Waals surface area contributed by atoms with Crippen molar-refractivity contribution in [2.75, 3.05) is 5.75 Å².